The number of rotatable bonds is 5. The minimum Gasteiger partial charge on any atom is -0.378 e. The number of amides is 1. The Morgan fingerprint density at radius 1 is 1.23 bits per heavy atom. The zero-order valence-electron chi connectivity index (χ0n) is 16.2. The fraction of sp³-hybridized carbons (Fsp3) is 0.350. The van der Waals surface area contributed by atoms with Crippen LogP contribution >= 0.6 is 0 Å². The third-order valence-corrected chi connectivity index (χ3v) is 5.06. The van der Waals surface area contributed by atoms with Gasteiger partial charge in [0.05, 0.1) is 30.4 Å². The molecule has 0 unspecified atom stereocenters. The molecule has 1 fully saturated rings. The van der Waals surface area contributed by atoms with Gasteiger partial charge in [-0.2, -0.15) is 5.10 Å². The maximum absolute atomic E-state index is 14.5. The highest BCUT2D eigenvalue weighted by molar-refractivity contribution is 5.96. The SMILES string of the molecule is C[C@@H](Nc1ncnn2cc(C(=O)N3CCOCC3)cc12)c1cccc(C(F)F)c1F. The highest BCUT2D eigenvalue weighted by atomic mass is 19.3. The van der Waals surface area contributed by atoms with Crippen LogP contribution in [-0.4, -0.2) is 51.7 Å². The van der Waals surface area contributed by atoms with Crippen LogP contribution in [0.1, 0.15) is 40.9 Å². The van der Waals surface area contributed by atoms with Crippen LogP contribution in [0.5, 0.6) is 0 Å². The summed E-state index contributed by atoms with van der Waals surface area (Å²) in [5, 5.41) is 7.16. The average Bonchev–Trinajstić information content (AvgIpc) is 3.19. The molecule has 10 heteroatoms. The predicted octanol–water partition coefficient (Wildman–Crippen LogP) is 3.45. The third kappa shape index (κ3) is 3.82. The van der Waals surface area contributed by atoms with Crippen molar-refractivity contribution in [2.24, 2.45) is 0 Å². The lowest BCUT2D eigenvalue weighted by molar-refractivity contribution is 0.0303. The lowest BCUT2D eigenvalue weighted by Crippen LogP contribution is -2.40. The van der Waals surface area contributed by atoms with E-state index in [1.54, 1.807) is 24.1 Å². The van der Waals surface area contributed by atoms with E-state index in [0.717, 1.165) is 6.07 Å². The van der Waals surface area contributed by atoms with Crippen LogP contribution in [0.25, 0.3) is 5.52 Å². The van der Waals surface area contributed by atoms with Gasteiger partial charge in [-0.25, -0.2) is 22.7 Å². The highest BCUT2D eigenvalue weighted by Gasteiger charge is 2.23. The fourth-order valence-corrected chi connectivity index (χ4v) is 3.46. The van der Waals surface area contributed by atoms with Crippen molar-refractivity contribution in [3.05, 3.63) is 59.3 Å². The smallest absolute Gasteiger partial charge is 0.266 e. The van der Waals surface area contributed by atoms with Gasteiger partial charge in [0.2, 0.25) is 0 Å². The first kappa shape index (κ1) is 20.1. The molecule has 1 aliphatic rings. The fourth-order valence-electron chi connectivity index (χ4n) is 3.46. The molecule has 1 aliphatic heterocycles. The normalized spacial score (nSPS) is 15.6. The molecule has 2 aromatic heterocycles. The summed E-state index contributed by atoms with van der Waals surface area (Å²) in [7, 11) is 0. The Kier molecular flexibility index (Phi) is 5.58. The molecule has 158 valence electrons. The molecule has 0 saturated carbocycles. The van der Waals surface area contributed by atoms with Crippen LogP contribution in [0.4, 0.5) is 19.0 Å². The molecule has 7 nitrogen and oxygen atoms in total. The van der Waals surface area contributed by atoms with Gasteiger partial charge in [-0.05, 0) is 13.0 Å². The lowest BCUT2D eigenvalue weighted by atomic mass is 10.0. The molecule has 0 bridgehead atoms. The standard InChI is InChI=1S/C20H20F3N5O2/c1-12(14-3-2-4-15(17(14)21)18(22)23)26-19-16-9-13(10-28(16)25-11-24-19)20(29)27-5-7-30-8-6-27/h2-4,9-12,18H,5-8H2,1H3,(H,24,25,26)/t12-/m1/s1. The molecule has 0 spiro atoms. The Labute approximate surface area is 170 Å². The minimum atomic E-state index is -2.90. The molecular weight excluding hydrogens is 399 g/mol. The molecule has 1 N–H and O–H groups in total. The molecule has 3 aromatic rings. The van der Waals surface area contributed by atoms with E-state index in [2.05, 4.69) is 15.4 Å². The second-order valence-corrected chi connectivity index (χ2v) is 6.99. The van der Waals surface area contributed by atoms with Gasteiger partial charge in [0.25, 0.3) is 12.3 Å². The van der Waals surface area contributed by atoms with E-state index in [-0.39, 0.29) is 11.5 Å². The second kappa shape index (κ2) is 8.31. The molecule has 1 aromatic carbocycles. The van der Waals surface area contributed by atoms with Gasteiger partial charge >= 0.3 is 0 Å². The summed E-state index contributed by atoms with van der Waals surface area (Å²) in [6, 6.07) is 4.91. The number of carbonyl (C=O) groups is 1. The Morgan fingerprint density at radius 2 is 1.97 bits per heavy atom. The lowest BCUT2D eigenvalue weighted by Gasteiger charge is -2.26. The number of aromatic nitrogens is 3. The molecule has 4 rings (SSSR count). The van der Waals surface area contributed by atoms with Crippen LogP contribution < -0.4 is 5.32 Å². The quantitative estimate of drug-likeness (QED) is 0.686. The van der Waals surface area contributed by atoms with Crippen molar-refractivity contribution in [2.45, 2.75) is 19.4 Å². The maximum atomic E-state index is 14.5. The summed E-state index contributed by atoms with van der Waals surface area (Å²) < 4.78 is 47.3. The van der Waals surface area contributed by atoms with Gasteiger partial charge < -0.3 is 15.0 Å². The van der Waals surface area contributed by atoms with E-state index in [4.69, 9.17) is 4.74 Å². The first-order valence-electron chi connectivity index (χ1n) is 9.49. The number of benzene rings is 1. The van der Waals surface area contributed by atoms with E-state index in [0.29, 0.717) is 43.2 Å². The number of fused-ring (bicyclic) bond motifs is 1. The van der Waals surface area contributed by atoms with Crippen LogP contribution in [0.2, 0.25) is 0 Å². The average molecular weight is 419 g/mol. The summed E-state index contributed by atoms with van der Waals surface area (Å²) >= 11 is 0. The zero-order chi connectivity index (χ0) is 21.3. The summed E-state index contributed by atoms with van der Waals surface area (Å²) in [5.74, 6) is -0.727. The summed E-state index contributed by atoms with van der Waals surface area (Å²) in [4.78, 5) is 18.6. The maximum Gasteiger partial charge on any atom is 0.266 e. The van der Waals surface area contributed by atoms with E-state index < -0.39 is 23.8 Å². The van der Waals surface area contributed by atoms with Crippen LogP contribution in [0, 0.1) is 5.82 Å². The Balaban J connectivity index is 1.61. The number of hydrogen-bond acceptors (Lipinski definition) is 5. The number of halogens is 3. The van der Waals surface area contributed by atoms with Crippen molar-refractivity contribution in [1.29, 1.82) is 0 Å². The predicted molar refractivity (Wildman–Crippen MR) is 103 cm³/mol. The molecule has 0 radical (unpaired) electrons. The van der Waals surface area contributed by atoms with Crippen molar-refractivity contribution in [3.8, 4) is 0 Å². The van der Waals surface area contributed by atoms with Crippen molar-refractivity contribution in [1.82, 2.24) is 19.5 Å². The first-order valence-corrected chi connectivity index (χ1v) is 9.49. The summed E-state index contributed by atoms with van der Waals surface area (Å²) in [5.41, 5.74) is 0.418. The minimum absolute atomic E-state index is 0.0979. The molecule has 1 atom stereocenters. The number of nitrogens with one attached hydrogen (secondary N) is 1. The van der Waals surface area contributed by atoms with Gasteiger partial charge in [-0.15, -0.1) is 0 Å². The van der Waals surface area contributed by atoms with E-state index >= 15 is 0 Å². The van der Waals surface area contributed by atoms with Gasteiger partial charge in [-0.3, -0.25) is 4.79 Å². The molecule has 1 amide bonds. The van der Waals surface area contributed by atoms with E-state index in [9.17, 15) is 18.0 Å². The molecular formula is C20H20F3N5O2. The van der Waals surface area contributed by atoms with E-state index in [1.807, 2.05) is 0 Å². The Hall–Kier alpha value is -3.14. The molecule has 0 aliphatic carbocycles. The number of hydrogen-bond donors (Lipinski definition) is 1. The van der Waals surface area contributed by atoms with Gasteiger partial charge in [0.1, 0.15) is 17.7 Å². The second-order valence-electron chi connectivity index (χ2n) is 6.99. The topological polar surface area (TPSA) is 71.8 Å². The zero-order valence-corrected chi connectivity index (χ0v) is 16.2. The first-order chi connectivity index (χ1) is 14.5. The number of anilines is 1. The van der Waals surface area contributed by atoms with Gasteiger partial charge in [0.15, 0.2) is 5.82 Å². The number of ether oxygens (including phenoxy) is 1. The summed E-state index contributed by atoms with van der Waals surface area (Å²) in [6.45, 7) is 3.66. The van der Waals surface area contributed by atoms with Gasteiger partial charge in [-0.1, -0.05) is 18.2 Å². The van der Waals surface area contributed by atoms with E-state index in [1.165, 1.54) is 23.0 Å². The van der Waals surface area contributed by atoms with Crippen molar-refractivity contribution < 1.29 is 22.7 Å². The Bertz CT molecular complexity index is 1070. The number of alkyl halides is 2. The third-order valence-electron chi connectivity index (χ3n) is 5.06. The number of nitrogens with zero attached hydrogens (tertiary/aromatic N) is 4. The van der Waals surface area contributed by atoms with Crippen LogP contribution in [-0.2, 0) is 4.74 Å². The molecule has 1 saturated heterocycles. The monoisotopic (exact) mass is 419 g/mol. The summed E-state index contributed by atoms with van der Waals surface area (Å²) in [6.07, 6.45) is 0.00177. The van der Waals surface area contributed by atoms with Crippen LogP contribution in [0.15, 0.2) is 36.8 Å². The number of carbonyl (C=O) groups excluding carboxylic acids is 1. The number of morpholine rings is 1. The Morgan fingerprint density at radius 3 is 2.70 bits per heavy atom. The highest BCUT2D eigenvalue weighted by Crippen LogP contribution is 2.29. The van der Waals surface area contributed by atoms with Crippen molar-refractivity contribution in [2.75, 3.05) is 31.6 Å². The van der Waals surface area contributed by atoms with Gasteiger partial charge in [0, 0.05) is 24.8 Å². The van der Waals surface area contributed by atoms with Crippen molar-refractivity contribution >= 4 is 17.2 Å². The van der Waals surface area contributed by atoms with Crippen molar-refractivity contribution in [3.63, 3.8) is 0 Å². The molecule has 30 heavy (non-hydrogen) atoms. The van der Waals surface area contributed by atoms with Crippen LogP contribution in [0.3, 0.4) is 0 Å². The molecule has 3 heterocycles. The largest absolute Gasteiger partial charge is 0.378 e.